The van der Waals surface area contributed by atoms with E-state index in [1.807, 2.05) is 6.07 Å². The second-order valence-electron chi connectivity index (χ2n) is 6.06. The molecule has 0 N–H and O–H groups in total. The molecule has 0 aliphatic carbocycles. The van der Waals surface area contributed by atoms with Gasteiger partial charge in [-0.15, -0.1) is 0 Å². The molecular weight excluding hydrogens is 391 g/mol. The number of alkyl halides is 3. The molecule has 1 aromatic carbocycles. The van der Waals surface area contributed by atoms with Crippen molar-refractivity contribution in [1.29, 1.82) is 5.26 Å². The molecule has 9 heteroatoms. The van der Waals surface area contributed by atoms with Crippen molar-refractivity contribution in [3.05, 3.63) is 77.8 Å². The normalized spacial score (nSPS) is 11.6. The fraction of sp³-hybridized carbons (Fsp3) is 0.0500. The molecule has 0 spiro atoms. The van der Waals surface area contributed by atoms with Gasteiger partial charge in [0, 0.05) is 23.5 Å². The van der Waals surface area contributed by atoms with E-state index in [1.54, 1.807) is 0 Å². The summed E-state index contributed by atoms with van der Waals surface area (Å²) >= 11 is 0. The smallest absolute Gasteiger partial charge is 0.297 e. The van der Waals surface area contributed by atoms with E-state index >= 15 is 4.39 Å². The van der Waals surface area contributed by atoms with Gasteiger partial charge in [0.25, 0.3) is 0 Å². The summed E-state index contributed by atoms with van der Waals surface area (Å²) in [6.45, 7) is 0. The van der Waals surface area contributed by atoms with Gasteiger partial charge in [-0.25, -0.2) is 13.8 Å². The molecule has 0 saturated carbocycles. The van der Waals surface area contributed by atoms with Crippen LogP contribution in [0.4, 0.5) is 22.0 Å². The summed E-state index contributed by atoms with van der Waals surface area (Å²) in [5, 5.41) is 9.23. The van der Waals surface area contributed by atoms with Gasteiger partial charge in [0.2, 0.25) is 0 Å². The monoisotopic (exact) mass is 400 g/mol. The van der Waals surface area contributed by atoms with Gasteiger partial charge in [-0.3, -0.25) is 9.38 Å². The molecule has 0 radical (unpaired) electrons. The minimum atomic E-state index is -4.88. The molecule has 0 aliphatic rings. The molecule has 3 heterocycles. The third kappa shape index (κ3) is 2.99. The second kappa shape index (κ2) is 6.67. The van der Waals surface area contributed by atoms with Crippen molar-refractivity contribution in [1.82, 2.24) is 14.4 Å². The maximum Gasteiger partial charge on any atom is 0.419 e. The molecule has 3 aromatic heterocycles. The number of nitrogens with zero attached hydrogens (tertiary/aromatic N) is 4. The molecule has 0 saturated heterocycles. The predicted octanol–water partition coefficient (Wildman–Crippen LogP) is 5.23. The minimum absolute atomic E-state index is 0.0244. The van der Waals surface area contributed by atoms with Gasteiger partial charge in [0.15, 0.2) is 11.5 Å². The number of aromatic nitrogens is 3. The lowest BCUT2D eigenvalue weighted by Gasteiger charge is -2.11. The van der Waals surface area contributed by atoms with Gasteiger partial charge in [0.05, 0.1) is 28.7 Å². The Balaban J connectivity index is 1.92. The lowest BCUT2D eigenvalue weighted by Crippen LogP contribution is -2.09. The lowest BCUT2D eigenvalue weighted by molar-refractivity contribution is -0.139. The average molecular weight is 400 g/mol. The minimum Gasteiger partial charge on any atom is -0.297 e. The molecule has 0 fully saturated rings. The highest BCUT2D eigenvalue weighted by molar-refractivity contribution is 5.75. The molecular formula is C20H9F5N4. The van der Waals surface area contributed by atoms with Crippen molar-refractivity contribution in [2.75, 3.05) is 0 Å². The SMILES string of the molecule is N#Cc1cccnc1-c1cccc(-c2cnc3c(F)c(C(F)(F)F)ccn23)c1F. The highest BCUT2D eigenvalue weighted by atomic mass is 19.4. The summed E-state index contributed by atoms with van der Waals surface area (Å²) in [6.07, 6.45) is -1.40. The van der Waals surface area contributed by atoms with Crippen LogP contribution in [0.1, 0.15) is 11.1 Å². The number of fused-ring (bicyclic) bond motifs is 1. The highest BCUT2D eigenvalue weighted by Gasteiger charge is 2.35. The van der Waals surface area contributed by atoms with Crippen LogP contribution < -0.4 is 0 Å². The second-order valence-corrected chi connectivity index (χ2v) is 6.06. The maximum absolute atomic E-state index is 15.3. The largest absolute Gasteiger partial charge is 0.419 e. The molecule has 4 nitrogen and oxygen atoms in total. The van der Waals surface area contributed by atoms with Gasteiger partial charge in [0.1, 0.15) is 11.9 Å². The van der Waals surface area contributed by atoms with E-state index in [1.165, 1.54) is 36.5 Å². The first-order valence-electron chi connectivity index (χ1n) is 8.20. The van der Waals surface area contributed by atoms with Crippen molar-refractivity contribution in [3.63, 3.8) is 0 Å². The van der Waals surface area contributed by atoms with Crippen LogP contribution in [-0.2, 0) is 6.18 Å². The summed E-state index contributed by atoms with van der Waals surface area (Å²) in [5.74, 6) is -2.30. The molecule has 4 rings (SSSR count). The summed E-state index contributed by atoms with van der Waals surface area (Å²) in [6, 6.07) is 9.83. The third-order valence-corrected chi connectivity index (χ3v) is 4.38. The average Bonchev–Trinajstić information content (AvgIpc) is 3.12. The Morgan fingerprint density at radius 3 is 2.41 bits per heavy atom. The zero-order valence-electron chi connectivity index (χ0n) is 14.4. The number of benzene rings is 1. The number of nitriles is 1. The van der Waals surface area contributed by atoms with E-state index < -0.39 is 29.0 Å². The van der Waals surface area contributed by atoms with Crippen LogP contribution in [-0.4, -0.2) is 14.4 Å². The molecule has 29 heavy (non-hydrogen) atoms. The maximum atomic E-state index is 15.3. The summed E-state index contributed by atoms with van der Waals surface area (Å²) in [4.78, 5) is 7.75. The van der Waals surface area contributed by atoms with Gasteiger partial charge in [-0.1, -0.05) is 6.07 Å². The quantitative estimate of drug-likeness (QED) is 0.433. The van der Waals surface area contributed by atoms with Crippen LogP contribution in [0.25, 0.3) is 28.2 Å². The van der Waals surface area contributed by atoms with E-state index in [0.29, 0.717) is 6.07 Å². The van der Waals surface area contributed by atoms with Crippen molar-refractivity contribution in [2.45, 2.75) is 6.18 Å². The van der Waals surface area contributed by atoms with Crippen molar-refractivity contribution in [3.8, 4) is 28.6 Å². The fourth-order valence-corrected chi connectivity index (χ4v) is 3.06. The number of pyridine rings is 2. The Kier molecular flexibility index (Phi) is 4.27. The fourth-order valence-electron chi connectivity index (χ4n) is 3.06. The van der Waals surface area contributed by atoms with E-state index in [4.69, 9.17) is 0 Å². The first-order valence-corrected chi connectivity index (χ1v) is 8.20. The van der Waals surface area contributed by atoms with Crippen LogP contribution in [0.2, 0.25) is 0 Å². The molecule has 0 unspecified atom stereocenters. The molecule has 4 aromatic rings. The third-order valence-electron chi connectivity index (χ3n) is 4.38. The van der Waals surface area contributed by atoms with Crippen LogP contribution in [0.5, 0.6) is 0 Å². The van der Waals surface area contributed by atoms with Gasteiger partial charge < -0.3 is 0 Å². The van der Waals surface area contributed by atoms with Crippen molar-refractivity contribution >= 4 is 5.65 Å². The lowest BCUT2D eigenvalue weighted by atomic mass is 10.0. The van der Waals surface area contributed by atoms with E-state index in [0.717, 1.165) is 16.8 Å². The standard InChI is InChI=1S/C20H9F5N4/c21-16-12(4-1-5-13(16)18-11(9-26)3-2-7-27-18)15-10-28-19-17(22)14(20(23,24)25)6-8-29(15)19/h1-8,10H. The van der Waals surface area contributed by atoms with Crippen molar-refractivity contribution in [2.24, 2.45) is 0 Å². The molecule has 0 atom stereocenters. The number of hydrogen-bond acceptors (Lipinski definition) is 3. The Morgan fingerprint density at radius 2 is 1.69 bits per heavy atom. The van der Waals surface area contributed by atoms with E-state index in [2.05, 4.69) is 9.97 Å². The summed E-state index contributed by atoms with van der Waals surface area (Å²) in [7, 11) is 0. The number of halogens is 5. The first-order chi connectivity index (χ1) is 13.8. The van der Waals surface area contributed by atoms with Crippen LogP contribution in [0.15, 0.2) is 55.0 Å². The van der Waals surface area contributed by atoms with Crippen molar-refractivity contribution < 1.29 is 22.0 Å². The summed E-state index contributed by atoms with van der Waals surface area (Å²) in [5.41, 5.74) is -1.69. The topological polar surface area (TPSA) is 54.0 Å². The first kappa shape index (κ1) is 18.6. The van der Waals surface area contributed by atoms with E-state index in [9.17, 15) is 22.8 Å². The van der Waals surface area contributed by atoms with Crippen LogP contribution in [0.3, 0.4) is 0 Å². The molecule has 0 aliphatic heterocycles. The molecule has 0 bridgehead atoms. The zero-order chi connectivity index (χ0) is 20.8. The van der Waals surface area contributed by atoms with Gasteiger partial charge in [-0.05, 0) is 30.3 Å². The molecule has 0 amide bonds. The Hall–Kier alpha value is -3.80. The zero-order valence-corrected chi connectivity index (χ0v) is 14.4. The summed E-state index contributed by atoms with van der Waals surface area (Å²) < 4.78 is 69.3. The predicted molar refractivity (Wildman–Crippen MR) is 93.5 cm³/mol. The van der Waals surface area contributed by atoms with Gasteiger partial charge in [-0.2, -0.15) is 18.4 Å². The highest BCUT2D eigenvalue weighted by Crippen LogP contribution is 2.35. The Labute approximate surface area is 160 Å². The molecule has 144 valence electrons. The van der Waals surface area contributed by atoms with Gasteiger partial charge >= 0.3 is 6.18 Å². The Morgan fingerprint density at radius 1 is 0.931 bits per heavy atom. The number of imidazole rings is 1. The van der Waals surface area contributed by atoms with E-state index in [-0.39, 0.29) is 28.1 Å². The van der Waals surface area contributed by atoms with Crippen LogP contribution >= 0.6 is 0 Å². The number of hydrogen-bond donors (Lipinski definition) is 0. The number of rotatable bonds is 2. The Bertz CT molecular complexity index is 1280. The van der Waals surface area contributed by atoms with Crippen LogP contribution in [0, 0.1) is 23.0 Å².